The summed E-state index contributed by atoms with van der Waals surface area (Å²) in [5.74, 6) is -0.232. The van der Waals surface area contributed by atoms with Gasteiger partial charge in [0.25, 0.3) is 0 Å². The molecule has 0 radical (unpaired) electrons. The number of hydrogen-bond acceptors (Lipinski definition) is 3. The van der Waals surface area contributed by atoms with Crippen molar-refractivity contribution in [2.45, 2.75) is 6.92 Å². The number of hydrogen-bond donors (Lipinski definition) is 1. The van der Waals surface area contributed by atoms with E-state index in [2.05, 4.69) is 11.3 Å². The van der Waals surface area contributed by atoms with E-state index in [0.717, 1.165) is 32.4 Å². The second-order valence-corrected chi connectivity index (χ2v) is 6.60. The molecule has 0 atom stereocenters. The maximum atomic E-state index is 13.2. The van der Waals surface area contributed by atoms with E-state index < -0.39 is 0 Å². The maximum absolute atomic E-state index is 13.2. The Labute approximate surface area is 136 Å². The molecule has 0 fully saturated rings. The lowest BCUT2D eigenvalue weighted by atomic mass is 10.1. The van der Waals surface area contributed by atoms with Crippen LogP contribution in [0.4, 0.5) is 10.1 Å². The van der Waals surface area contributed by atoms with Crippen molar-refractivity contribution in [2.24, 2.45) is 0 Å². The lowest BCUT2D eigenvalue weighted by Gasteiger charge is -2.02. The van der Waals surface area contributed by atoms with Crippen LogP contribution >= 0.6 is 11.3 Å². The van der Waals surface area contributed by atoms with Crippen molar-refractivity contribution < 1.29 is 4.39 Å². The molecule has 4 rings (SSSR count). The van der Waals surface area contributed by atoms with Crippen LogP contribution in [0, 0.1) is 12.7 Å². The Balaban J connectivity index is 1.89. The molecule has 114 valence electrons. The molecule has 0 aliphatic rings. The number of imidazole rings is 1. The van der Waals surface area contributed by atoms with E-state index in [-0.39, 0.29) is 5.82 Å². The van der Waals surface area contributed by atoms with E-state index in [4.69, 9.17) is 10.7 Å². The van der Waals surface area contributed by atoms with Gasteiger partial charge in [0.05, 0.1) is 11.4 Å². The summed E-state index contributed by atoms with van der Waals surface area (Å²) < 4.78 is 15.2. The molecular formula is C18H14FN3S. The minimum Gasteiger partial charge on any atom is -0.399 e. The van der Waals surface area contributed by atoms with Crippen LogP contribution in [0.25, 0.3) is 27.5 Å². The Morgan fingerprint density at radius 1 is 1.09 bits per heavy atom. The van der Waals surface area contributed by atoms with Crippen molar-refractivity contribution in [3.05, 3.63) is 65.4 Å². The summed E-state index contributed by atoms with van der Waals surface area (Å²) in [5.41, 5.74) is 10.5. The van der Waals surface area contributed by atoms with Gasteiger partial charge in [-0.25, -0.2) is 9.37 Å². The molecule has 0 bridgehead atoms. The third-order valence-corrected chi connectivity index (χ3v) is 4.76. The zero-order valence-corrected chi connectivity index (χ0v) is 13.3. The molecule has 2 aromatic heterocycles. The highest BCUT2D eigenvalue weighted by Crippen LogP contribution is 2.33. The van der Waals surface area contributed by atoms with Crippen LogP contribution in [-0.2, 0) is 0 Å². The van der Waals surface area contributed by atoms with Crippen LogP contribution in [0.3, 0.4) is 0 Å². The predicted octanol–water partition coefficient (Wildman–Crippen LogP) is 4.76. The number of benzene rings is 2. The Morgan fingerprint density at radius 2 is 1.87 bits per heavy atom. The predicted molar refractivity (Wildman–Crippen MR) is 93.0 cm³/mol. The molecule has 2 heterocycles. The van der Waals surface area contributed by atoms with Gasteiger partial charge in [0.1, 0.15) is 5.82 Å². The largest absolute Gasteiger partial charge is 0.399 e. The standard InChI is InChI=1S/C18H14FN3S/c1-11-17(12-5-7-14(19)8-6-12)22-10-16(21-18(22)23-11)13-3-2-4-15(20)9-13/h2-10H,20H2,1H3. The van der Waals surface area contributed by atoms with Crippen LogP contribution in [-0.4, -0.2) is 9.38 Å². The Bertz CT molecular complexity index is 999. The van der Waals surface area contributed by atoms with Crippen LogP contribution in [0.5, 0.6) is 0 Å². The molecule has 0 aliphatic heterocycles. The number of rotatable bonds is 2. The summed E-state index contributed by atoms with van der Waals surface area (Å²) in [6, 6.07) is 14.2. The smallest absolute Gasteiger partial charge is 0.194 e. The molecule has 3 nitrogen and oxygen atoms in total. The molecule has 0 aliphatic carbocycles. The number of aromatic nitrogens is 2. The number of thiazole rings is 1. The fraction of sp³-hybridized carbons (Fsp3) is 0.0556. The highest BCUT2D eigenvalue weighted by Gasteiger charge is 2.14. The molecule has 0 saturated carbocycles. The number of anilines is 1. The number of nitrogens with two attached hydrogens (primary N) is 1. The molecule has 0 unspecified atom stereocenters. The minimum absolute atomic E-state index is 0.232. The van der Waals surface area contributed by atoms with Gasteiger partial charge in [-0.15, -0.1) is 11.3 Å². The molecule has 2 N–H and O–H groups in total. The van der Waals surface area contributed by atoms with Crippen molar-refractivity contribution >= 4 is 22.0 Å². The van der Waals surface area contributed by atoms with Gasteiger partial charge in [-0.3, -0.25) is 4.40 Å². The van der Waals surface area contributed by atoms with Gasteiger partial charge >= 0.3 is 0 Å². The first-order valence-corrected chi connectivity index (χ1v) is 8.04. The molecule has 23 heavy (non-hydrogen) atoms. The average Bonchev–Trinajstić information content (AvgIpc) is 3.05. The van der Waals surface area contributed by atoms with Crippen molar-refractivity contribution in [1.82, 2.24) is 9.38 Å². The summed E-state index contributed by atoms with van der Waals surface area (Å²) in [7, 11) is 0. The quantitative estimate of drug-likeness (QED) is 0.541. The maximum Gasteiger partial charge on any atom is 0.194 e. The van der Waals surface area contributed by atoms with E-state index in [1.54, 1.807) is 23.5 Å². The normalized spacial score (nSPS) is 11.2. The van der Waals surface area contributed by atoms with E-state index in [9.17, 15) is 4.39 Å². The van der Waals surface area contributed by atoms with Crippen molar-refractivity contribution in [1.29, 1.82) is 0 Å². The summed E-state index contributed by atoms with van der Waals surface area (Å²) in [5, 5.41) is 0. The summed E-state index contributed by atoms with van der Waals surface area (Å²) in [6.45, 7) is 2.05. The van der Waals surface area contributed by atoms with Gasteiger partial charge in [0.15, 0.2) is 4.96 Å². The second kappa shape index (κ2) is 5.21. The number of nitrogens with zero attached hydrogens (tertiary/aromatic N) is 2. The minimum atomic E-state index is -0.232. The number of halogens is 1. The van der Waals surface area contributed by atoms with Crippen LogP contribution in [0.1, 0.15) is 4.88 Å². The van der Waals surface area contributed by atoms with E-state index in [1.165, 1.54) is 12.1 Å². The van der Waals surface area contributed by atoms with Crippen LogP contribution in [0.2, 0.25) is 0 Å². The molecule has 0 spiro atoms. The Morgan fingerprint density at radius 3 is 2.61 bits per heavy atom. The summed E-state index contributed by atoms with van der Waals surface area (Å²) in [4.78, 5) is 6.77. The monoisotopic (exact) mass is 323 g/mol. The van der Waals surface area contributed by atoms with Crippen LogP contribution < -0.4 is 5.73 Å². The Kier molecular flexibility index (Phi) is 3.16. The number of aryl methyl sites for hydroxylation is 1. The zero-order valence-electron chi connectivity index (χ0n) is 12.5. The Hall–Kier alpha value is -2.66. The zero-order chi connectivity index (χ0) is 16.0. The van der Waals surface area contributed by atoms with E-state index >= 15 is 0 Å². The molecule has 4 aromatic rings. The lowest BCUT2D eigenvalue weighted by molar-refractivity contribution is 0.628. The van der Waals surface area contributed by atoms with Gasteiger partial charge in [-0.05, 0) is 48.9 Å². The van der Waals surface area contributed by atoms with Gasteiger partial charge in [-0.1, -0.05) is 12.1 Å². The highest BCUT2D eigenvalue weighted by molar-refractivity contribution is 7.17. The highest BCUT2D eigenvalue weighted by atomic mass is 32.1. The number of nitrogen functional groups attached to an aromatic ring is 1. The van der Waals surface area contributed by atoms with E-state index in [0.29, 0.717) is 5.69 Å². The van der Waals surface area contributed by atoms with Gasteiger partial charge in [-0.2, -0.15) is 0 Å². The number of fused-ring (bicyclic) bond motifs is 1. The first kappa shape index (κ1) is 14.0. The molecule has 5 heteroatoms. The van der Waals surface area contributed by atoms with Crippen molar-refractivity contribution in [2.75, 3.05) is 5.73 Å². The first-order valence-electron chi connectivity index (χ1n) is 7.22. The molecule has 0 saturated heterocycles. The SMILES string of the molecule is Cc1sc2nc(-c3cccc(N)c3)cn2c1-c1ccc(F)cc1. The fourth-order valence-corrected chi connectivity index (χ4v) is 3.71. The van der Waals surface area contributed by atoms with Gasteiger partial charge in [0, 0.05) is 22.3 Å². The van der Waals surface area contributed by atoms with Crippen molar-refractivity contribution in [3.63, 3.8) is 0 Å². The third kappa shape index (κ3) is 2.39. The average molecular weight is 323 g/mol. The lowest BCUT2D eigenvalue weighted by Crippen LogP contribution is -1.87. The van der Waals surface area contributed by atoms with E-state index in [1.807, 2.05) is 30.5 Å². The second-order valence-electron chi connectivity index (χ2n) is 5.42. The molecule has 0 amide bonds. The summed E-state index contributed by atoms with van der Waals surface area (Å²) >= 11 is 1.62. The molecule has 2 aromatic carbocycles. The van der Waals surface area contributed by atoms with Gasteiger partial charge < -0.3 is 5.73 Å². The molecular weight excluding hydrogens is 309 g/mol. The first-order chi connectivity index (χ1) is 11.1. The topological polar surface area (TPSA) is 43.3 Å². The van der Waals surface area contributed by atoms with Crippen molar-refractivity contribution in [3.8, 4) is 22.5 Å². The van der Waals surface area contributed by atoms with Crippen LogP contribution in [0.15, 0.2) is 54.7 Å². The third-order valence-electron chi connectivity index (χ3n) is 3.79. The summed E-state index contributed by atoms with van der Waals surface area (Å²) in [6.07, 6.45) is 2.01. The fourth-order valence-electron chi connectivity index (χ4n) is 2.74. The van der Waals surface area contributed by atoms with Gasteiger partial charge in [0.2, 0.25) is 0 Å².